The molecule has 0 radical (unpaired) electrons. The number of aliphatic hydroxyl groups excluding tert-OH is 1. The van der Waals surface area contributed by atoms with Crippen LogP contribution in [-0.4, -0.2) is 68.5 Å². The molecule has 4 rings (SSSR count). The lowest BCUT2D eigenvalue weighted by Gasteiger charge is -2.39. The second kappa shape index (κ2) is 13.0. The Balaban J connectivity index is 1.35. The summed E-state index contributed by atoms with van der Waals surface area (Å²) in [5, 5.41) is 22.1. The van der Waals surface area contributed by atoms with Gasteiger partial charge in [0.1, 0.15) is 5.75 Å². The predicted molar refractivity (Wildman–Crippen MR) is 140 cm³/mol. The van der Waals surface area contributed by atoms with Gasteiger partial charge in [0, 0.05) is 49.2 Å². The van der Waals surface area contributed by atoms with Gasteiger partial charge in [0.2, 0.25) is 0 Å². The summed E-state index contributed by atoms with van der Waals surface area (Å²) in [6, 6.07) is 9.40. The van der Waals surface area contributed by atoms with E-state index < -0.39 is 12.1 Å². The summed E-state index contributed by atoms with van der Waals surface area (Å²) < 4.78 is 5.37. The van der Waals surface area contributed by atoms with Gasteiger partial charge < -0.3 is 19.8 Å². The number of pyridine rings is 1. The van der Waals surface area contributed by atoms with E-state index in [4.69, 9.17) is 4.74 Å². The highest BCUT2D eigenvalue weighted by Crippen LogP contribution is 2.35. The minimum atomic E-state index is -0.750. The molecular formula is C27H34N4O4S. The number of rotatable bonds is 12. The quantitative estimate of drug-likeness (QED) is 0.270. The van der Waals surface area contributed by atoms with Crippen molar-refractivity contribution in [2.75, 3.05) is 32.5 Å². The molecule has 3 aromatic rings. The van der Waals surface area contributed by atoms with Crippen molar-refractivity contribution < 1.29 is 19.7 Å². The van der Waals surface area contributed by atoms with E-state index in [9.17, 15) is 15.0 Å². The van der Waals surface area contributed by atoms with Crippen LogP contribution in [0, 0.1) is 11.8 Å². The van der Waals surface area contributed by atoms with Crippen molar-refractivity contribution in [3.8, 4) is 5.75 Å². The van der Waals surface area contributed by atoms with Crippen LogP contribution >= 0.6 is 11.8 Å². The molecule has 0 bridgehead atoms. The van der Waals surface area contributed by atoms with E-state index in [1.807, 2.05) is 30.3 Å². The zero-order chi connectivity index (χ0) is 25.3. The third-order valence-corrected chi connectivity index (χ3v) is 7.89. The van der Waals surface area contributed by atoms with E-state index in [1.165, 1.54) is 0 Å². The highest BCUT2D eigenvalue weighted by Gasteiger charge is 2.30. The summed E-state index contributed by atoms with van der Waals surface area (Å²) in [7, 11) is 1.63. The number of methoxy groups -OCH3 is 1. The Labute approximate surface area is 216 Å². The summed E-state index contributed by atoms with van der Waals surface area (Å²) in [6.07, 6.45) is 7.98. The molecule has 36 heavy (non-hydrogen) atoms. The second-order valence-corrected chi connectivity index (χ2v) is 10.4. The Morgan fingerprint density at radius 2 is 2.00 bits per heavy atom. The van der Waals surface area contributed by atoms with E-state index in [-0.39, 0.29) is 6.42 Å². The van der Waals surface area contributed by atoms with Gasteiger partial charge in [-0.25, -0.2) is 9.97 Å². The highest BCUT2D eigenvalue weighted by atomic mass is 32.2. The molecule has 2 aromatic heterocycles. The van der Waals surface area contributed by atoms with E-state index in [1.54, 1.807) is 37.5 Å². The lowest BCUT2D eigenvalue weighted by atomic mass is 9.79. The number of thioether (sulfide) groups is 1. The van der Waals surface area contributed by atoms with Crippen molar-refractivity contribution in [3.63, 3.8) is 0 Å². The van der Waals surface area contributed by atoms with E-state index in [0.717, 1.165) is 65.6 Å². The maximum absolute atomic E-state index is 11.3. The first kappa shape index (κ1) is 26.3. The van der Waals surface area contributed by atoms with Gasteiger partial charge in [0.05, 0.1) is 18.7 Å². The fourth-order valence-corrected chi connectivity index (χ4v) is 5.90. The van der Waals surface area contributed by atoms with Crippen molar-refractivity contribution in [1.29, 1.82) is 0 Å². The minimum absolute atomic E-state index is 0.180. The number of fused-ring (bicyclic) bond motifs is 1. The molecule has 1 aromatic carbocycles. The first-order chi connectivity index (χ1) is 17.5. The Bertz CT molecular complexity index is 1130. The minimum Gasteiger partial charge on any atom is -0.497 e. The van der Waals surface area contributed by atoms with Crippen molar-refractivity contribution in [3.05, 3.63) is 54.5 Å². The third-order valence-electron chi connectivity index (χ3n) is 7.04. The van der Waals surface area contributed by atoms with Crippen molar-refractivity contribution in [2.24, 2.45) is 11.8 Å². The summed E-state index contributed by atoms with van der Waals surface area (Å²) in [6.45, 7) is 2.79. The van der Waals surface area contributed by atoms with E-state index >= 15 is 0 Å². The molecule has 0 saturated carbocycles. The Morgan fingerprint density at radius 1 is 1.17 bits per heavy atom. The van der Waals surface area contributed by atoms with Crippen molar-refractivity contribution >= 4 is 28.6 Å². The number of aliphatic hydroxyl groups is 1. The van der Waals surface area contributed by atoms with Crippen LogP contribution in [0.1, 0.15) is 43.8 Å². The van der Waals surface area contributed by atoms with Gasteiger partial charge in [0.25, 0.3) is 0 Å². The van der Waals surface area contributed by atoms with Crippen LogP contribution in [0.3, 0.4) is 0 Å². The number of ether oxygens (including phenoxy) is 1. The van der Waals surface area contributed by atoms with Gasteiger partial charge in [-0.05, 0) is 80.0 Å². The summed E-state index contributed by atoms with van der Waals surface area (Å²) >= 11 is 1.64. The number of aromatic nitrogens is 3. The summed E-state index contributed by atoms with van der Waals surface area (Å²) in [5.74, 6) is 1.58. The number of carboxylic acids is 1. The fraction of sp³-hybridized carbons (Fsp3) is 0.481. The fourth-order valence-electron chi connectivity index (χ4n) is 5.09. The van der Waals surface area contributed by atoms with Gasteiger partial charge >= 0.3 is 5.97 Å². The van der Waals surface area contributed by atoms with Gasteiger partial charge in [-0.1, -0.05) is 11.8 Å². The van der Waals surface area contributed by atoms with Crippen molar-refractivity contribution in [1.82, 2.24) is 19.9 Å². The maximum atomic E-state index is 11.3. The molecule has 1 saturated heterocycles. The Kier molecular flexibility index (Phi) is 9.49. The van der Waals surface area contributed by atoms with Gasteiger partial charge in [-0.3, -0.25) is 9.78 Å². The number of nitrogens with zero attached hydrogens (tertiary/aromatic N) is 4. The van der Waals surface area contributed by atoms with Crippen LogP contribution < -0.4 is 4.74 Å². The Hall–Kier alpha value is -2.75. The first-order valence-corrected chi connectivity index (χ1v) is 13.5. The summed E-state index contributed by atoms with van der Waals surface area (Å²) in [4.78, 5) is 26.7. The zero-order valence-corrected chi connectivity index (χ0v) is 21.4. The average molecular weight is 511 g/mol. The monoisotopic (exact) mass is 510 g/mol. The molecule has 0 aliphatic carbocycles. The lowest BCUT2D eigenvalue weighted by molar-refractivity contribution is -0.137. The number of carbonyl (C=O) groups is 1. The number of hydrogen-bond donors (Lipinski definition) is 2. The SMILES string of the molecule is COc1ccc2nccc(C(O)CC[C@@H]3CCN(CCSc4ncccn4)C[C@@H]3CCC(=O)O)c2c1. The van der Waals surface area contributed by atoms with Crippen molar-refractivity contribution in [2.45, 2.75) is 43.4 Å². The van der Waals surface area contributed by atoms with Crippen LogP contribution in [0.5, 0.6) is 5.75 Å². The third kappa shape index (κ3) is 7.15. The number of carboxylic acid groups (broad SMARTS) is 1. The molecule has 1 aliphatic heterocycles. The Morgan fingerprint density at radius 3 is 2.78 bits per heavy atom. The molecule has 2 N–H and O–H groups in total. The molecule has 1 fully saturated rings. The van der Waals surface area contributed by atoms with Crippen LogP contribution in [0.2, 0.25) is 0 Å². The molecular weight excluding hydrogens is 476 g/mol. The molecule has 1 unspecified atom stereocenters. The molecule has 3 atom stereocenters. The van der Waals surface area contributed by atoms with Gasteiger partial charge in [0.15, 0.2) is 5.16 Å². The standard InChI is InChI=1S/C27H34N4O4S/c1-35-21-5-6-24-23(17-21)22(9-13-28-24)25(32)7-3-19-10-14-31(18-20(19)4-8-26(33)34)15-16-36-27-29-11-2-12-30-27/h2,5-6,9,11-13,17,19-20,25,32H,3-4,7-8,10,14-16,18H2,1H3,(H,33,34)/t19-,20+,25?/m1/s1. The molecule has 3 heterocycles. The molecule has 1 aliphatic rings. The normalized spacial score (nSPS) is 19.3. The maximum Gasteiger partial charge on any atom is 0.303 e. The number of piperidine rings is 1. The van der Waals surface area contributed by atoms with E-state index in [0.29, 0.717) is 24.7 Å². The summed E-state index contributed by atoms with van der Waals surface area (Å²) in [5.41, 5.74) is 1.69. The topological polar surface area (TPSA) is 109 Å². The smallest absolute Gasteiger partial charge is 0.303 e. The number of hydrogen-bond acceptors (Lipinski definition) is 8. The lowest BCUT2D eigenvalue weighted by Crippen LogP contribution is -2.41. The largest absolute Gasteiger partial charge is 0.497 e. The van der Waals surface area contributed by atoms with Gasteiger partial charge in [-0.15, -0.1) is 0 Å². The zero-order valence-electron chi connectivity index (χ0n) is 20.6. The van der Waals surface area contributed by atoms with E-state index in [2.05, 4.69) is 19.9 Å². The molecule has 0 amide bonds. The molecule has 8 nitrogen and oxygen atoms in total. The van der Waals surface area contributed by atoms with Crippen LogP contribution in [0.15, 0.2) is 54.1 Å². The molecule has 0 spiro atoms. The number of aliphatic carboxylic acids is 1. The number of benzene rings is 1. The first-order valence-electron chi connectivity index (χ1n) is 12.5. The van der Waals surface area contributed by atoms with Crippen LogP contribution in [0.4, 0.5) is 0 Å². The molecule has 192 valence electrons. The molecule has 9 heteroatoms. The predicted octanol–water partition coefficient (Wildman–Crippen LogP) is 4.44. The average Bonchev–Trinajstić information content (AvgIpc) is 2.91. The van der Waals surface area contributed by atoms with Gasteiger partial charge in [-0.2, -0.15) is 0 Å². The highest BCUT2D eigenvalue weighted by molar-refractivity contribution is 7.99. The number of likely N-dealkylation sites (tertiary alicyclic amines) is 1. The second-order valence-electron chi connectivity index (χ2n) is 9.30. The van der Waals surface area contributed by atoms with Crippen LogP contribution in [0.25, 0.3) is 10.9 Å². The van der Waals surface area contributed by atoms with Crippen LogP contribution in [-0.2, 0) is 4.79 Å².